The molecule has 3 N–H and O–H groups in total. The number of hydrogen-bond acceptors (Lipinski definition) is 9. The fourth-order valence-electron chi connectivity index (χ4n) is 6.35. The molecule has 1 saturated heterocycles. The average molecular weight is 726 g/mol. The minimum absolute atomic E-state index is 0.0513. The number of pyridine rings is 1. The topological polar surface area (TPSA) is 148 Å². The van der Waals surface area contributed by atoms with Crippen LogP contribution in [0.4, 0.5) is 27.9 Å². The van der Waals surface area contributed by atoms with Crippen LogP contribution >= 0.6 is 0 Å². The van der Waals surface area contributed by atoms with Crippen molar-refractivity contribution in [1.82, 2.24) is 29.6 Å². The molecule has 1 unspecified atom stereocenters. The molecule has 0 radical (unpaired) electrons. The molecule has 276 valence electrons. The van der Waals surface area contributed by atoms with E-state index in [0.29, 0.717) is 42.0 Å². The number of urea groups is 1. The highest BCUT2D eigenvalue weighted by atomic mass is 16.5. The molecule has 0 bridgehead atoms. The highest BCUT2D eigenvalue weighted by molar-refractivity contribution is 6.07. The second kappa shape index (κ2) is 16.6. The van der Waals surface area contributed by atoms with Crippen molar-refractivity contribution in [1.29, 1.82) is 0 Å². The van der Waals surface area contributed by atoms with E-state index in [1.807, 2.05) is 85.8 Å². The Morgan fingerprint density at radius 1 is 0.907 bits per heavy atom. The van der Waals surface area contributed by atoms with Gasteiger partial charge in [-0.2, -0.15) is 5.10 Å². The first kappa shape index (κ1) is 36.0. The van der Waals surface area contributed by atoms with Crippen LogP contribution in [-0.4, -0.2) is 67.9 Å². The van der Waals surface area contributed by atoms with Crippen molar-refractivity contribution in [3.05, 3.63) is 120 Å². The van der Waals surface area contributed by atoms with Gasteiger partial charge in [0.2, 0.25) is 0 Å². The summed E-state index contributed by atoms with van der Waals surface area (Å²) in [5.41, 5.74) is 4.75. The second-order valence-corrected chi connectivity index (χ2v) is 13.3. The van der Waals surface area contributed by atoms with E-state index >= 15 is 0 Å². The van der Waals surface area contributed by atoms with Gasteiger partial charge in [-0.3, -0.25) is 10.1 Å². The Morgan fingerprint density at radius 3 is 2.50 bits per heavy atom. The number of nitrogens with zero attached hydrogens (tertiary/aromatic N) is 6. The number of methoxy groups -OCH3 is 1. The lowest BCUT2D eigenvalue weighted by Gasteiger charge is -2.15. The highest BCUT2D eigenvalue weighted by Gasteiger charge is 2.27. The van der Waals surface area contributed by atoms with Gasteiger partial charge in [0.05, 0.1) is 35.6 Å². The van der Waals surface area contributed by atoms with Crippen LogP contribution in [0, 0.1) is 6.92 Å². The first-order valence-corrected chi connectivity index (χ1v) is 18.1. The number of ether oxygens (including phenoxy) is 2. The molecular weight excluding hydrogens is 683 g/mol. The predicted octanol–water partition coefficient (Wildman–Crippen LogP) is 7.69. The van der Waals surface area contributed by atoms with E-state index in [1.54, 1.807) is 22.9 Å². The maximum Gasteiger partial charge on any atom is 0.324 e. The third-order valence-corrected chi connectivity index (χ3v) is 9.31. The Balaban J connectivity index is 1.00. The lowest BCUT2D eigenvalue weighted by atomic mass is 10.1. The van der Waals surface area contributed by atoms with Gasteiger partial charge in [0.1, 0.15) is 35.5 Å². The number of likely N-dealkylation sites (tertiary alicyclic amines) is 1. The van der Waals surface area contributed by atoms with E-state index in [2.05, 4.69) is 37.8 Å². The van der Waals surface area contributed by atoms with Crippen molar-refractivity contribution in [3.8, 4) is 11.4 Å². The van der Waals surface area contributed by atoms with Gasteiger partial charge in [0.15, 0.2) is 0 Å². The molecule has 1 aliphatic heterocycles. The summed E-state index contributed by atoms with van der Waals surface area (Å²) < 4.78 is 13.5. The molecule has 13 heteroatoms. The van der Waals surface area contributed by atoms with Crippen molar-refractivity contribution in [2.24, 2.45) is 0 Å². The number of anilines is 4. The standard InChI is InChI=1S/C41H43N9O4/c1-4-5-8-29-22-39(50(48-29)30-13-11-27(2)12-14-30)47-41(52)45-34-15-16-36(33-10-7-6-9-32(33)34)54-26-28-17-19-42-37(21-28)46-38-24-43-35(23-44-38)40(51)49-20-18-31(25-49)53-3/h6-7,9-17,19,21-24,31H,4-5,8,18,20,25-26H2,1-3H3,(H,42,44,46)(H2,45,47,52). The maximum atomic E-state index is 13.4. The van der Waals surface area contributed by atoms with Crippen LogP contribution in [0.3, 0.4) is 0 Å². The molecule has 0 saturated carbocycles. The number of carbonyl (C=O) groups is 2. The Hall–Kier alpha value is -6.34. The Kier molecular flexibility index (Phi) is 11.0. The monoisotopic (exact) mass is 725 g/mol. The molecule has 6 aromatic rings. The quantitative estimate of drug-likeness (QED) is 0.109. The third kappa shape index (κ3) is 8.48. The van der Waals surface area contributed by atoms with Gasteiger partial charge in [-0.15, -0.1) is 0 Å². The molecule has 13 nitrogen and oxygen atoms in total. The Labute approximate surface area is 313 Å². The Bertz CT molecular complexity index is 2240. The van der Waals surface area contributed by atoms with Gasteiger partial charge in [0, 0.05) is 43.2 Å². The van der Waals surface area contributed by atoms with Crippen molar-refractivity contribution in [3.63, 3.8) is 0 Å². The molecule has 1 atom stereocenters. The fourth-order valence-corrected chi connectivity index (χ4v) is 6.35. The van der Waals surface area contributed by atoms with Crippen LogP contribution in [0.2, 0.25) is 0 Å². The maximum absolute atomic E-state index is 13.4. The van der Waals surface area contributed by atoms with E-state index in [9.17, 15) is 9.59 Å². The van der Waals surface area contributed by atoms with Crippen LogP contribution in [-0.2, 0) is 17.8 Å². The molecular formula is C41H43N9O4. The lowest BCUT2D eigenvalue weighted by molar-refractivity contribution is 0.0718. The van der Waals surface area contributed by atoms with Gasteiger partial charge >= 0.3 is 6.03 Å². The zero-order valence-corrected chi connectivity index (χ0v) is 30.6. The molecule has 54 heavy (non-hydrogen) atoms. The molecule has 3 aromatic heterocycles. The van der Waals surface area contributed by atoms with Gasteiger partial charge in [-0.25, -0.2) is 24.4 Å². The summed E-state index contributed by atoms with van der Waals surface area (Å²) in [4.78, 5) is 41.1. The number of hydrogen-bond donors (Lipinski definition) is 3. The number of amides is 3. The number of rotatable bonds is 13. The minimum atomic E-state index is -0.376. The highest BCUT2D eigenvalue weighted by Crippen LogP contribution is 2.32. The third-order valence-electron chi connectivity index (χ3n) is 9.31. The number of unbranched alkanes of at least 4 members (excludes halogenated alkanes) is 1. The predicted molar refractivity (Wildman–Crippen MR) is 209 cm³/mol. The summed E-state index contributed by atoms with van der Waals surface area (Å²) in [6.07, 6.45) is 8.44. The number of carbonyl (C=O) groups excluding carboxylic acids is 2. The molecule has 4 heterocycles. The zero-order chi connectivity index (χ0) is 37.4. The van der Waals surface area contributed by atoms with Crippen LogP contribution in [0.25, 0.3) is 16.5 Å². The normalized spacial score (nSPS) is 13.9. The summed E-state index contributed by atoms with van der Waals surface area (Å²) in [5.74, 6) is 2.12. The number of aromatic nitrogens is 5. The molecule has 1 fully saturated rings. The average Bonchev–Trinajstić information content (AvgIpc) is 3.85. The molecule has 1 aliphatic rings. The van der Waals surface area contributed by atoms with Crippen molar-refractivity contribution < 1.29 is 19.1 Å². The van der Waals surface area contributed by atoms with Crippen molar-refractivity contribution in [2.45, 2.75) is 52.2 Å². The first-order chi connectivity index (χ1) is 26.4. The van der Waals surface area contributed by atoms with Crippen LogP contribution < -0.4 is 20.7 Å². The zero-order valence-electron chi connectivity index (χ0n) is 30.6. The molecule has 7 rings (SSSR count). The van der Waals surface area contributed by atoms with Crippen molar-refractivity contribution >= 4 is 45.9 Å². The minimum Gasteiger partial charge on any atom is -0.488 e. The van der Waals surface area contributed by atoms with Crippen LogP contribution in [0.15, 0.2) is 97.5 Å². The smallest absolute Gasteiger partial charge is 0.324 e. The van der Waals surface area contributed by atoms with Crippen LogP contribution in [0.5, 0.6) is 5.75 Å². The van der Waals surface area contributed by atoms with Crippen molar-refractivity contribution in [2.75, 3.05) is 36.1 Å². The summed E-state index contributed by atoms with van der Waals surface area (Å²) >= 11 is 0. The molecule has 3 amide bonds. The second-order valence-electron chi connectivity index (χ2n) is 13.3. The van der Waals surface area contributed by atoms with E-state index in [1.165, 1.54) is 12.4 Å². The van der Waals surface area contributed by atoms with E-state index in [0.717, 1.165) is 59.0 Å². The number of nitrogens with one attached hydrogen (secondary N) is 3. The summed E-state index contributed by atoms with van der Waals surface area (Å²) in [7, 11) is 1.66. The summed E-state index contributed by atoms with van der Waals surface area (Å²) in [5, 5.41) is 15.7. The van der Waals surface area contributed by atoms with Crippen LogP contribution in [0.1, 0.15) is 53.5 Å². The summed E-state index contributed by atoms with van der Waals surface area (Å²) in [6.45, 7) is 5.64. The molecule has 3 aromatic carbocycles. The number of aryl methyl sites for hydroxylation is 2. The van der Waals surface area contributed by atoms with E-state index in [4.69, 9.17) is 14.6 Å². The van der Waals surface area contributed by atoms with E-state index < -0.39 is 0 Å². The SMILES string of the molecule is CCCCc1cc(NC(=O)Nc2ccc(OCc3ccnc(Nc4cnc(C(=O)N5CCC(OC)C5)cn4)c3)c3ccccc23)n(-c2ccc(C)cc2)n1. The van der Waals surface area contributed by atoms with Gasteiger partial charge in [-0.1, -0.05) is 55.3 Å². The molecule has 0 spiro atoms. The largest absolute Gasteiger partial charge is 0.488 e. The van der Waals surface area contributed by atoms with E-state index in [-0.39, 0.29) is 30.3 Å². The lowest BCUT2D eigenvalue weighted by Crippen LogP contribution is -2.30. The van der Waals surface area contributed by atoms with Gasteiger partial charge in [0.25, 0.3) is 5.91 Å². The van der Waals surface area contributed by atoms with Gasteiger partial charge in [-0.05, 0) is 68.1 Å². The van der Waals surface area contributed by atoms with Gasteiger partial charge < -0.3 is 25.0 Å². The number of benzene rings is 3. The number of fused-ring (bicyclic) bond motifs is 1. The fraction of sp³-hybridized carbons (Fsp3) is 0.268. The Morgan fingerprint density at radius 2 is 1.74 bits per heavy atom. The molecule has 0 aliphatic carbocycles. The first-order valence-electron chi connectivity index (χ1n) is 18.1. The summed E-state index contributed by atoms with van der Waals surface area (Å²) in [6, 6.07) is 24.8.